The Morgan fingerprint density at radius 2 is 2.10 bits per heavy atom. The molecule has 0 atom stereocenters. The molecule has 4 heteroatoms. The van der Waals surface area contributed by atoms with Gasteiger partial charge >= 0.3 is 5.97 Å². The first-order valence-electron chi connectivity index (χ1n) is 6.84. The molecule has 0 spiro atoms. The van der Waals surface area contributed by atoms with Gasteiger partial charge in [0.15, 0.2) is 6.29 Å². The van der Waals surface area contributed by atoms with Crippen molar-refractivity contribution < 1.29 is 19.1 Å². The number of rotatable bonds is 8. The zero-order valence-corrected chi connectivity index (χ0v) is 12.4. The van der Waals surface area contributed by atoms with Crippen LogP contribution in [-0.4, -0.2) is 18.9 Å². The van der Waals surface area contributed by atoms with E-state index in [1.807, 2.05) is 0 Å². The molecule has 0 N–H and O–H groups in total. The fraction of sp³-hybridized carbons (Fsp3) is 0.294. The third-order valence-electron chi connectivity index (χ3n) is 2.63. The molecule has 112 valence electrons. The highest BCUT2D eigenvalue weighted by Gasteiger charge is 2.03. The number of benzene rings is 1. The smallest absolute Gasteiger partial charge is 0.335 e. The minimum absolute atomic E-state index is 0.319. The van der Waals surface area contributed by atoms with Gasteiger partial charge in [-0.3, -0.25) is 4.79 Å². The largest absolute Gasteiger partial charge is 0.494 e. The molecule has 21 heavy (non-hydrogen) atoms. The van der Waals surface area contributed by atoms with Gasteiger partial charge in [0.1, 0.15) is 5.75 Å². The lowest BCUT2D eigenvalue weighted by molar-refractivity contribution is -0.133. The van der Waals surface area contributed by atoms with Crippen molar-refractivity contribution in [3.05, 3.63) is 47.7 Å². The van der Waals surface area contributed by atoms with Gasteiger partial charge in [0.2, 0.25) is 0 Å². The van der Waals surface area contributed by atoms with Gasteiger partial charge in [-0.1, -0.05) is 26.0 Å². The molecule has 0 radical (unpaired) electrons. The van der Waals surface area contributed by atoms with Gasteiger partial charge < -0.3 is 9.47 Å². The average molecular weight is 288 g/mol. The summed E-state index contributed by atoms with van der Waals surface area (Å²) in [6, 6.07) is 5.16. The van der Waals surface area contributed by atoms with Crippen LogP contribution >= 0.6 is 0 Å². The third-order valence-corrected chi connectivity index (χ3v) is 2.63. The van der Waals surface area contributed by atoms with E-state index >= 15 is 0 Å². The minimum Gasteiger partial charge on any atom is -0.494 e. The number of hydrogen-bond donors (Lipinski definition) is 0. The topological polar surface area (TPSA) is 52.6 Å². The number of carbonyl (C=O) groups excluding carboxylic acids is 2. The van der Waals surface area contributed by atoms with Crippen molar-refractivity contribution in [2.75, 3.05) is 6.61 Å². The summed E-state index contributed by atoms with van der Waals surface area (Å²) < 4.78 is 10.3. The normalized spacial score (nSPS) is 10.4. The molecule has 0 bridgehead atoms. The van der Waals surface area contributed by atoms with E-state index in [9.17, 15) is 9.59 Å². The van der Waals surface area contributed by atoms with Crippen LogP contribution in [0.4, 0.5) is 0 Å². The minimum atomic E-state index is -0.525. The molecular weight excluding hydrogens is 268 g/mol. The van der Waals surface area contributed by atoms with Crippen molar-refractivity contribution >= 4 is 18.3 Å². The Kier molecular flexibility index (Phi) is 6.95. The highest BCUT2D eigenvalue weighted by atomic mass is 16.5. The standard InChI is InChI=1S/C17H20O4/c1-4-5-10-20-16-8-6-14(15(11-16)12-18)7-9-17(19)21-13(2)3/h6-9,11-12H,2,4-5,10H2,1,3H3/b9-7+. The molecule has 0 fully saturated rings. The van der Waals surface area contributed by atoms with Crippen LogP contribution in [0.2, 0.25) is 0 Å². The zero-order chi connectivity index (χ0) is 15.7. The van der Waals surface area contributed by atoms with Crippen molar-refractivity contribution in [2.24, 2.45) is 0 Å². The molecule has 0 saturated carbocycles. The fourth-order valence-corrected chi connectivity index (χ4v) is 1.59. The first-order valence-corrected chi connectivity index (χ1v) is 6.84. The van der Waals surface area contributed by atoms with Gasteiger partial charge in [-0.15, -0.1) is 0 Å². The van der Waals surface area contributed by atoms with Crippen LogP contribution in [0.25, 0.3) is 6.08 Å². The maximum absolute atomic E-state index is 11.4. The highest BCUT2D eigenvalue weighted by Crippen LogP contribution is 2.18. The number of unbranched alkanes of at least 4 members (excludes halogenated alkanes) is 1. The van der Waals surface area contributed by atoms with Gasteiger partial charge in [0.05, 0.1) is 12.4 Å². The van der Waals surface area contributed by atoms with E-state index in [1.165, 1.54) is 12.2 Å². The van der Waals surface area contributed by atoms with Gasteiger partial charge in [-0.2, -0.15) is 0 Å². The summed E-state index contributed by atoms with van der Waals surface area (Å²) in [5.74, 6) is 0.440. The number of aldehydes is 1. The van der Waals surface area contributed by atoms with E-state index in [-0.39, 0.29) is 0 Å². The molecule has 0 aliphatic heterocycles. The zero-order valence-electron chi connectivity index (χ0n) is 12.4. The molecule has 0 unspecified atom stereocenters. The van der Waals surface area contributed by atoms with Crippen molar-refractivity contribution in [3.63, 3.8) is 0 Å². The van der Waals surface area contributed by atoms with Gasteiger partial charge in [-0.05, 0) is 37.1 Å². The number of carbonyl (C=O) groups is 2. The second-order valence-corrected chi connectivity index (χ2v) is 4.57. The lowest BCUT2D eigenvalue weighted by Crippen LogP contribution is -1.99. The van der Waals surface area contributed by atoms with Crippen molar-refractivity contribution in [2.45, 2.75) is 26.7 Å². The Hall–Kier alpha value is -2.36. The third kappa shape index (κ3) is 6.08. The monoisotopic (exact) mass is 288 g/mol. The Labute approximate surface area is 125 Å². The van der Waals surface area contributed by atoms with Crippen LogP contribution in [0.3, 0.4) is 0 Å². The van der Waals surface area contributed by atoms with Crippen LogP contribution in [0.5, 0.6) is 5.75 Å². The lowest BCUT2D eigenvalue weighted by atomic mass is 10.1. The molecule has 0 aliphatic carbocycles. The van der Waals surface area contributed by atoms with E-state index in [1.54, 1.807) is 25.1 Å². The summed E-state index contributed by atoms with van der Waals surface area (Å²) in [6.45, 7) is 7.77. The highest BCUT2D eigenvalue weighted by molar-refractivity contribution is 5.90. The summed E-state index contributed by atoms with van der Waals surface area (Å²) in [6.07, 6.45) is 5.53. The quantitative estimate of drug-likeness (QED) is 0.240. The summed E-state index contributed by atoms with van der Waals surface area (Å²) in [7, 11) is 0. The lowest BCUT2D eigenvalue weighted by Gasteiger charge is -2.07. The van der Waals surface area contributed by atoms with Crippen LogP contribution in [0.15, 0.2) is 36.6 Å². The van der Waals surface area contributed by atoms with Crippen LogP contribution < -0.4 is 4.74 Å². The van der Waals surface area contributed by atoms with Gasteiger partial charge in [0.25, 0.3) is 0 Å². The maximum atomic E-state index is 11.4. The molecule has 0 saturated heterocycles. The predicted molar refractivity (Wildman–Crippen MR) is 82.2 cm³/mol. The SMILES string of the molecule is C=C(C)OC(=O)/C=C/c1ccc(OCCCC)cc1C=O. The number of ether oxygens (including phenoxy) is 2. The fourth-order valence-electron chi connectivity index (χ4n) is 1.59. The molecule has 0 aromatic heterocycles. The summed E-state index contributed by atoms with van der Waals surface area (Å²) in [5, 5.41) is 0. The van der Waals surface area contributed by atoms with Crippen molar-refractivity contribution in [3.8, 4) is 5.75 Å². The molecule has 1 aromatic carbocycles. The Bertz CT molecular complexity index is 544. The molecule has 0 aliphatic rings. The molecule has 0 heterocycles. The van der Waals surface area contributed by atoms with Gasteiger partial charge in [0, 0.05) is 11.6 Å². The molecule has 1 aromatic rings. The molecule has 0 amide bonds. The maximum Gasteiger partial charge on any atom is 0.335 e. The Morgan fingerprint density at radius 1 is 1.33 bits per heavy atom. The molecule has 1 rings (SSSR count). The van der Waals surface area contributed by atoms with Crippen molar-refractivity contribution in [1.29, 1.82) is 0 Å². The Morgan fingerprint density at radius 3 is 2.71 bits per heavy atom. The summed E-state index contributed by atoms with van der Waals surface area (Å²) >= 11 is 0. The summed E-state index contributed by atoms with van der Waals surface area (Å²) in [5.41, 5.74) is 1.09. The van der Waals surface area contributed by atoms with E-state index in [0.717, 1.165) is 19.1 Å². The second kappa shape index (κ2) is 8.74. The van der Waals surface area contributed by atoms with Crippen molar-refractivity contribution in [1.82, 2.24) is 0 Å². The average Bonchev–Trinajstić information content (AvgIpc) is 2.45. The first kappa shape index (κ1) is 16.7. The summed E-state index contributed by atoms with van der Waals surface area (Å²) in [4.78, 5) is 22.5. The second-order valence-electron chi connectivity index (χ2n) is 4.57. The van der Waals surface area contributed by atoms with E-state index < -0.39 is 5.97 Å². The van der Waals surface area contributed by atoms with E-state index in [0.29, 0.717) is 29.2 Å². The van der Waals surface area contributed by atoms with E-state index in [2.05, 4.69) is 13.5 Å². The molecular formula is C17H20O4. The van der Waals surface area contributed by atoms with E-state index in [4.69, 9.17) is 9.47 Å². The van der Waals surface area contributed by atoms with Crippen LogP contribution in [0.1, 0.15) is 42.6 Å². The Balaban J connectivity index is 2.79. The number of hydrogen-bond acceptors (Lipinski definition) is 4. The predicted octanol–water partition coefficient (Wildman–Crippen LogP) is 3.77. The number of allylic oxidation sites excluding steroid dienone is 1. The van der Waals surface area contributed by atoms with Crippen LogP contribution in [0, 0.1) is 0 Å². The first-order chi connectivity index (χ1) is 10.1. The van der Waals surface area contributed by atoms with Crippen LogP contribution in [-0.2, 0) is 9.53 Å². The van der Waals surface area contributed by atoms with Gasteiger partial charge in [-0.25, -0.2) is 4.79 Å². The number of esters is 1. The molecule has 4 nitrogen and oxygen atoms in total.